The van der Waals surface area contributed by atoms with Crippen LogP contribution in [0.25, 0.3) is 0 Å². The molecule has 0 saturated heterocycles. The zero-order valence-electron chi connectivity index (χ0n) is 8.56. The number of carbonyl (C=O) groups is 1. The molecule has 0 bridgehead atoms. The van der Waals surface area contributed by atoms with Crippen molar-refractivity contribution in [3.05, 3.63) is 29.3 Å². The Hall–Kier alpha value is -1.55. The van der Waals surface area contributed by atoms with Crippen molar-refractivity contribution in [2.75, 3.05) is 13.2 Å². The van der Waals surface area contributed by atoms with Crippen molar-refractivity contribution in [2.45, 2.75) is 13.3 Å². The summed E-state index contributed by atoms with van der Waals surface area (Å²) in [5.41, 5.74) is 1.09. The minimum Gasteiger partial charge on any atom is -0.507 e. The number of aliphatic hydroxyl groups excluding tert-OH is 1. The van der Waals surface area contributed by atoms with Crippen LogP contribution >= 0.6 is 0 Å². The Kier molecular flexibility index (Phi) is 4.12. The number of aromatic hydroxyl groups is 1. The number of aliphatic hydroxyl groups is 1. The van der Waals surface area contributed by atoms with E-state index < -0.39 is 5.97 Å². The van der Waals surface area contributed by atoms with Crippen LogP contribution in [-0.4, -0.2) is 29.4 Å². The zero-order valence-corrected chi connectivity index (χ0v) is 8.56. The van der Waals surface area contributed by atoms with Crippen molar-refractivity contribution in [2.24, 2.45) is 0 Å². The van der Waals surface area contributed by atoms with E-state index >= 15 is 0 Å². The van der Waals surface area contributed by atoms with Gasteiger partial charge in [-0.2, -0.15) is 0 Å². The summed E-state index contributed by atoms with van der Waals surface area (Å²) < 4.78 is 4.71. The van der Waals surface area contributed by atoms with Crippen LogP contribution in [0.2, 0.25) is 0 Å². The maximum Gasteiger partial charge on any atom is 0.342 e. The summed E-state index contributed by atoms with van der Waals surface area (Å²) in [5.74, 6) is -0.716. The second kappa shape index (κ2) is 5.36. The summed E-state index contributed by atoms with van der Waals surface area (Å²) in [6.07, 6.45) is 0.778. The van der Waals surface area contributed by atoms with Gasteiger partial charge in [0.2, 0.25) is 0 Å². The molecule has 0 spiro atoms. The number of benzene rings is 1. The van der Waals surface area contributed by atoms with Gasteiger partial charge in [-0.15, -0.1) is 0 Å². The average molecular weight is 210 g/mol. The zero-order chi connectivity index (χ0) is 11.3. The lowest BCUT2D eigenvalue weighted by Gasteiger charge is -2.06. The number of carbonyl (C=O) groups excluding carboxylic acids is 1. The topological polar surface area (TPSA) is 66.8 Å². The van der Waals surface area contributed by atoms with Gasteiger partial charge in [0.05, 0.1) is 6.61 Å². The van der Waals surface area contributed by atoms with Crippen LogP contribution in [-0.2, 0) is 11.2 Å². The van der Waals surface area contributed by atoms with Gasteiger partial charge in [0.15, 0.2) is 0 Å². The third-order valence-corrected chi connectivity index (χ3v) is 2.01. The molecule has 0 aromatic heterocycles. The normalized spacial score (nSPS) is 10.0. The molecule has 0 atom stereocenters. The fourth-order valence-electron chi connectivity index (χ4n) is 1.18. The van der Waals surface area contributed by atoms with Crippen LogP contribution in [0.4, 0.5) is 0 Å². The van der Waals surface area contributed by atoms with Crippen molar-refractivity contribution in [3.8, 4) is 5.75 Å². The summed E-state index contributed by atoms with van der Waals surface area (Å²) in [7, 11) is 0. The molecule has 0 heterocycles. The summed E-state index contributed by atoms with van der Waals surface area (Å²) in [5, 5.41) is 17.9. The van der Waals surface area contributed by atoms with Gasteiger partial charge < -0.3 is 14.9 Å². The van der Waals surface area contributed by atoms with E-state index in [-0.39, 0.29) is 24.5 Å². The molecule has 0 aliphatic heterocycles. The minimum absolute atomic E-state index is 0.0609. The molecule has 0 aliphatic rings. The van der Waals surface area contributed by atoms with E-state index in [1.54, 1.807) is 12.1 Å². The van der Waals surface area contributed by atoms with Crippen molar-refractivity contribution < 1.29 is 19.7 Å². The molecule has 0 fully saturated rings. The molecule has 82 valence electrons. The lowest BCUT2D eigenvalue weighted by Crippen LogP contribution is -2.09. The Balaban J connectivity index is 2.86. The van der Waals surface area contributed by atoms with Crippen LogP contribution in [0, 0.1) is 0 Å². The first-order valence-corrected chi connectivity index (χ1v) is 4.79. The highest BCUT2D eigenvalue weighted by Crippen LogP contribution is 2.19. The third-order valence-electron chi connectivity index (χ3n) is 2.01. The fraction of sp³-hybridized carbons (Fsp3) is 0.364. The third kappa shape index (κ3) is 2.95. The molecule has 1 aromatic carbocycles. The van der Waals surface area contributed by atoms with Crippen molar-refractivity contribution >= 4 is 5.97 Å². The molecule has 1 aromatic rings. The maximum atomic E-state index is 11.4. The molecule has 15 heavy (non-hydrogen) atoms. The summed E-state index contributed by atoms with van der Waals surface area (Å²) in [6, 6.07) is 4.81. The second-order valence-electron chi connectivity index (χ2n) is 3.06. The van der Waals surface area contributed by atoms with Gasteiger partial charge in [-0.05, 0) is 24.1 Å². The largest absolute Gasteiger partial charge is 0.507 e. The Morgan fingerprint density at radius 2 is 2.20 bits per heavy atom. The number of esters is 1. The smallest absolute Gasteiger partial charge is 0.342 e. The minimum atomic E-state index is -0.614. The van der Waals surface area contributed by atoms with Crippen LogP contribution in [0.1, 0.15) is 22.8 Å². The number of rotatable bonds is 4. The van der Waals surface area contributed by atoms with Crippen molar-refractivity contribution in [1.82, 2.24) is 0 Å². The molecular formula is C11H14O4. The van der Waals surface area contributed by atoms with E-state index in [2.05, 4.69) is 0 Å². The van der Waals surface area contributed by atoms with E-state index in [1.165, 1.54) is 6.07 Å². The number of phenolic OH excluding ortho intramolecular Hbond substituents is 1. The van der Waals surface area contributed by atoms with Crippen LogP contribution in [0.5, 0.6) is 5.75 Å². The lowest BCUT2D eigenvalue weighted by molar-refractivity contribution is 0.0430. The van der Waals surface area contributed by atoms with Gasteiger partial charge in [0.1, 0.15) is 17.9 Å². The van der Waals surface area contributed by atoms with Gasteiger partial charge >= 0.3 is 5.97 Å². The Labute approximate surface area is 88.1 Å². The number of hydrogen-bond donors (Lipinski definition) is 2. The Bertz CT molecular complexity index is 346. The molecule has 4 nitrogen and oxygen atoms in total. The number of phenols is 1. The molecule has 0 aliphatic carbocycles. The molecule has 0 amide bonds. The molecular weight excluding hydrogens is 196 g/mol. The van der Waals surface area contributed by atoms with Crippen molar-refractivity contribution in [1.29, 1.82) is 0 Å². The molecule has 0 radical (unpaired) electrons. The highest BCUT2D eigenvalue weighted by Gasteiger charge is 2.12. The predicted molar refractivity (Wildman–Crippen MR) is 54.9 cm³/mol. The van der Waals surface area contributed by atoms with E-state index in [0.717, 1.165) is 12.0 Å². The van der Waals surface area contributed by atoms with Gasteiger partial charge in [0.25, 0.3) is 0 Å². The Morgan fingerprint density at radius 3 is 2.80 bits per heavy atom. The lowest BCUT2D eigenvalue weighted by atomic mass is 10.1. The molecule has 0 unspecified atom stereocenters. The maximum absolute atomic E-state index is 11.4. The van der Waals surface area contributed by atoms with Crippen molar-refractivity contribution in [3.63, 3.8) is 0 Å². The summed E-state index contributed by atoms with van der Waals surface area (Å²) >= 11 is 0. The SMILES string of the molecule is CCc1ccc(O)c(C(=O)OCCO)c1. The average Bonchev–Trinajstić information content (AvgIpc) is 2.26. The first-order chi connectivity index (χ1) is 7.19. The van der Waals surface area contributed by atoms with Crippen LogP contribution in [0.15, 0.2) is 18.2 Å². The van der Waals surface area contributed by atoms with Gasteiger partial charge in [-0.25, -0.2) is 4.79 Å². The highest BCUT2D eigenvalue weighted by molar-refractivity contribution is 5.92. The summed E-state index contributed by atoms with van der Waals surface area (Å²) in [4.78, 5) is 11.4. The fourth-order valence-corrected chi connectivity index (χ4v) is 1.18. The molecule has 2 N–H and O–H groups in total. The first kappa shape index (κ1) is 11.5. The van der Waals surface area contributed by atoms with Gasteiger partial charge in [-0.1, -0.05) is 13.0 Å². The standard InChI is InChI=1S/C11H14O4/c1-2-8-3-4-10(13)9(7-8)11(14)15-6-5-12/h3-4,7,12-13H,2,5-6H2,1H3. The van der Waals surface area contributed by atoms with Crippen LogP contribution < -0.4 is 0 Å². The van der Waals surface area contributed by atoms with E-state index in [4.69, 9.17) is 9.84 Å². The first-order valence-electron chi connectivity index (χ1n) is 4.79. The van der Waals surface area contributed by atoms with E-state index in [0.29, 0.717) is 0 Å². The van der Waals surface area contributed by atoms with E-state index in [1.807, 2.05) is 6.92 Å². The molecule has 1 rings (SSSR count). The van der Waals surface area contributed by atoms with Crippen LogP contribution in [0.3, 0.4) is 0 Å². The van der Waals surface area contributed by atoms with E-state index in [9.17, 15) is 9.90 Å². The van der Waals surface area contributed by atoms with Gasteiger partial charge in [0, 0.05) is 0 Å². The van der Waals surface area contributed by atoms with Gasteiger partial charge in [-0.3, -0.25) is 0 Å². The predicted octanol–water partition coefficient (Wildman–Crippen LogP) is 1.10. The molecule has 0 saturated carbocycles. The highest BCUT2D eigenvalue weighted by atomic mass is 16.5. The number of ether oxygens (including phenoxy) is 1. The quantitative estimate of drug-likeness (QED) is 0.730. The molecule has 4 heteroatoms. The number of hydrogen-bond acceptors (Lipinski definition) is 4. The monoisotopic (exact) mass is 210 g/mol. The summed E-state index contributed by atoms with van der Waals surface area (Å²) in [6.45, 7) is 1.67. The Morgan fingerprint density at radius 1 is 1.47 bits per heavy atom. The number of aryl methyl sites for hydroxylation is 1. The second-order valence-corrected chi connectivity index (χ2v) is 3.06.